The number of anilines is 1. The van der Waals surface area contributed by atoms with Gasteiger partial charge in [-0.2, -0.15) is 0 Å². The smallest absolute Gasteiger partial charge is 0.284 e. The molecule has 0 spiro atoms. The van der Waals surface area contributed by atoms with Crippen LogP contribution in [-0.2, 0) is 0 Å². The van der Waals surface area contributed by atoms with E-state index in [1.54, 1.807) is 4.90 Å². The molecule has 2 rings (SSSR count). The van der Waals surface area contributed by atoms with Crippen LogP contribution in [-0.4, -0.2) is 65.7 Å². The normalized spacial score (nSPS) is 19.6. The number of hydrogen-bond acceptors (Lipinski definition) is 6. The van der Waals surface area contributed by atoms with Crippen LogP contribution in [0.5, 0.6) is 0 Å². The van der Waals surface area contributed by atoms with Crippen molar-refractivity contribution in [2.75, 3.05) is 39.0 Å². The van der Waals surface area contributed by atoms with Gasteiger partial charge in [-0.1, -0.05) is 11.3 Å². The molecule has 1 aliphatic rings. The van der Waals surface area contributed by atoms with Crippen molar-refractivity contribution < 1.29 is 4.79 Å². The Morgan fingerprint density at radius 2 is 2.37 bits per heavy atom. The van der Waals surface area contributed by atoms with E-state index < -0.39 is 0 Å². The molecular weight excluding hydrogens is 262 g/mol. The summed E-state index contributed by atoms with van der Waals surface area (Å²) in [5, 5.41) is 12.1. The zero-order valence-corrected chi connectivity index (χ0v) is 12.5. The number of likely N-dealkylation sites (N-methyl/N-ethyl adjacent to an activating group) is 2. The summed E-state index contributed by atoms with van der Waals surface area (Å²) >= 11 is 1.31. The summed E-state index contributed by atoms with van der Waals surface area (Å²) < 4.78 is 0. The monoisotopic (exact) mass is 283 g/mol. The summed E-state index contributed by atoms with van der Waals surface area (Å²) in [6.07, 6.45) is 2.37. The summed E-state index contributed by atoms with van der Waals surface area (Å²) in [4.78, 5) is 16.3. The van der Waals surface area contributed by atoms with Gasteiger partial charge < -0.3 is 15.1 Å². The third kappa shape index (κ3) is 3.42. The first kappa shape index (κ1) is 14.2. The number of nitrogens with one attached hydrogen (secondary N) is 1. The van der Waals surface area contributed by atoms with Crippen molar-refractivity contribution in [1.82, 2.24) is 20.0 Å². The lowest BCUT2D eigenvalue weighted by Gasteiger charge is -2.25. The molecule has 1 fully saturated rings. The lowest BCUT2D eigenvalue weighted by molar-refractivity contribution is 0.0760. The number of carbonyl (C=O) groups excluding carboxylic acids is 1. The largest absolute Gasteiger partial charge is 0.360 e. The topological polar surface area (TPSA) is 61.4 Å². The molecule has 0 aromatic carbocycles. The molecule has 0 bridgehead atoms. The highest BCUT2D eigenvalue weighted by Gasteiger charge is 2.25. The molecule has 2 heterocycles. The van der Waals surface area contributed by atoms with Gasteiger partial charge >= 0.3 is 0 Å². The Hall–Kier alpha value is -1.21. The summed E-state index contributed by atoms with van der Waals surface area (Å²) in [7, 11) is 3.95. The molecule has 1 aromatic rings. The molecule has 1 unspecified atom stereocenters. The standard InChI is InChI=1S/C12H21N5OS/c1-4-13-12-15-14-10(19-12)11(18)17(3)8-9-6-5-7-16(9)2/h9H,4-8H2,1-3H3,(H,13,15). The second-order valence-electron chi connectivity index (χ2n) is 4.91. The van der Waals surface area contributed by atoms with Gasteiger partial charge in [0.15, 0.2) is 0 Å². The maximum absolute atomic E-state index is 12.2. The zero-order chi connectivity index (χ0) is 13.8. The SMILES string of the molecule is CCNc1nnc(C(=O)N(C)CC2CCCN2C)s1. The maximum Gasteiger partial charge on any atom is 0.284 e. The van der Waals surface area contributed by atoms with Crippen molar-refractivity contribution in [3.63, 3.8) is 0 Å². The van der Waals surface area contributed by atoms with Crippen LogP contribution in [0.25, 0.3) is 0 Å². The third-order valence-corrected chi connectivity index (χ3v) is 4.31. The predicted molar refractivity (Wildman–Crippen MR) is 76.7 cm³/mol. The van der Waals surface area contributed by atoms with Gasteiger partial charge in [0.1, 0.15) is 0 Å². The van der Waals surface area contributed by atoms with Gasteiger partial charge in [0.25, 0.3) is 5.91 Å². The van der Waals surface area contributed by atoms with Crippen LogP contribution in [0.15, 0.2) is 0 Å². The van der Waals surface area contributed by atoms with E-state index in [0.29, 0.717) is 16.2 Å². The highest BCUT2D eigenvalue weighted by molar-refractivity contribution is 7.17. The van der Waals surface area contributed by atoms with Crippen molar-refractivity contribution in [2.24, 2.45) is 0 Å². The Labute approximate surface area is 117 Å². The number of hydrogen-bond donors (Lipinski definition) is 1. The Kier molecular flexibility index (Phi) is 4.71. The van der Waals surface area contributed by atoms with E-state index in [4.69, 9.17) is 0 Å². The molecule has 6 nitrogen and oxygen atoms in total. The molecule has 19 heavy (non-hydrogen) atoms. The van der Waals surface area contributed by atoms with Gasteiger partial charge in [-0.05, 0) is 33.4 Å². The molecule has 0 radical (unpaired) electrons. The minimum atomic E-state index is -0.0399. The van der Waals surface area contributed by atoms with Gasteiger partial charge in [-0.3, -0.25) is 4.79 Å². The van der Waals surface area contributed by atoms with Crippen molar-refractivity contribution in [1.29, 1.82) is 0 Å². The van der Waals surface area contributed by atoms with Gasteiger partial charge in [0.05, 0.1) is 0 Å². The van der Waals surface area contributed by atoms with E-state index in [1.807, 2.05) is 14.0 Å². The van der Waals surface area contributed by atoms with E-state index in [9.17, 15) is 4.79 Å². The van der Waals surface area contributed by atoms with Gasteiger partial charge in [0, 0.05) is 26.2 Å². The Morgan fingerprint density at radius 3 is 3.00 bits per heavy atom. The fraction of sp³-hybridized carbons (Fsp3) is 0.750. The summed E-state index contributed by atoms with van der Waals surface area (Å²) in [6.45, 7) is 4.65. The number of carbonyl (C=O) groups is 1. The number of aromatic nitrogens is 2. The molecule has 0 aliphatic carbocycles. The van der Waals surface area contributed by atoms with Crippen LogP contribution in [0.4, 0.5) is 5.13 Å². The number of likely N-dealkylation sites (tertiary alicyclic amines) is 1. The van der Waals surface area contributed by atoms with E-state index in [0.717, 1.165) is 26.1 Å². The molecule has 1 saturated heterocycles. The van der Waals surface area contributed by atoms with Crippen LogP contribution in [0.2, 0.25) is 0 Å². The summed E-state index contributed by atoms with van der Waals surface area (Å²) in [5.74, 6) is -0.0399. The average molecular weight is 283 g/mol. The predicted octanol–water partition coefficient (Wildman–Crippen LogP) is 1.14. The van der Waals surface area contributed by atoms with Gasteiger partial charge in [0.2, 0.25) is 10.1 Å². The minimum absolute atomic E-state index is 0.0399. The fourth-order valence-electron chi connectivity index (χ4n) is 2.30. The fourth-order valence-corrected chi connectivity index (χ4v) is 3.11. The highest BCUT2D eigenvalue weighted by Crippen LogP contribution is 2.19. The molecule has 1 amide bonds. The molecule has 7 heteroatoms. The van der Waals surface area contributed by atoms with Crippen LogP contribution < -0.4 is 5.32 Å². The van der Waals surface area contributed by atoms with Gasteiger partial charge in [-0.15, -0.1) is 10.2 Å². The second kappa shape index (κ2) is 6.29. The van der Waals surface area contributed by atoms with Gasteiger partial charge in [-0.25, -0.2) is 0 Å². The van der Waals surface area contributed by atoms with Crippen molar-refractivity contribution in [2.45, 2.75) is 25.8 Å². The molecule has 1 aliphatic heterocycles. The third-order valence-electron chi connectivity index (χ3n) is 3.44. The average Bonchev–Trinajstić information content (AvgIpc) is 2.99. The number of amides is 1. The molecule has 1 atom stereocenters. The Balaban J connectivity index is 1.93. The Morgan fingerprint density at radius 1 is 1.58 bits per heavy atom. The van der Waals surface area contributed by atoms with Crippen molar-refractivity contribution in [3.8, 4) is 0 Å². The van der Waals surface area contributed by atoms with Crippen molar-refractivity contribution in [3.05, 3.63) is 5.01 Å². The summed E-state index contributed by atoms with van der Waals surface area (Å²) in [6, 6.07) is 0.468. The van der Waals surface area contributed by atoms with Crippen molar-refractivity contribution >= 4 is 22.4 Å². The summed E-state index contributed by atoms with van der Waals surface area (Å²) in [5.41, 5.74) is 0. The second-order valence-corrected chi connectivity index (χ2v) is 5.88. The number of nitrogens with zero attached hydrogens (tertiary/aromatic N) is 4. The Bertz CT molecular complexity index is 436. The van der Waals surface area contributed by atoms with E-state index in [2.05, 4.69) is 27.5 Å². The van der Waals surface area contributed by atoms with E-state index >= 15 is 0 Å². The maximum atomic E-state index is 12.2. The zero-order valence-electron chi connectivity index (χ0n) is 11.7. The van der Waals surface area contributed by atoms with Crippen LogP contribution in [0, 0.1) is 0 Å². The first-order valence-corrected chi connectivity index (χ1v) is 7.46. The molecule has 1 aromatic heterocycles. The van der Waals surface area contributed by atoms with E-state index in [1.165, 1.54) is 17.8 Å². The van der Waals surface area contributed by atoms with E-state index in [-0.39, 0.29) is 5.91 Å². The quantitative estimate of drug-likeness (QED) is 0.878. The number of rotatable bonds is 5. The van der Waals surface area contributed by atoms with Crippen LogP contribution in [0.3, 0.4) is 0 Å². The van der Waals surface area contributed by atoms with Crippen LogP contribution >= 0.6 is 11.3 Å². The highest BCUT2D eigenvalue weighted by atomic mass is 32.1. The minimum Gasteiger partial charge on any atom is -0.360 e. The first-order chi connectivity index (χ1) is 9.11. The molecular formula is C12H21N5OS. The molecule has 0 saturated carbocycles. The lowest BCUT2D eigenvalue weighted by Crippen LogP contribution is -2.39. The molecule has 1 N–H and O–H groups in total. The first-order valence-electron chi connectivity index (χ1n) is 6.65. The van der Waals surface area contributed by atoms with Crippen LogP contribution in [0.1, 0.15) is 29.6 Å². The molecule has 106 valence electrons. The lowest BCUT2D eigenvalue weighted by atomic mass is 10.2.